The maximum absolute atomic E-state index is 6.59. The second-order valence-corrected chi connectivity index (χ2v) is 15.2. The lowest BCUT2D eigenvalue weighted by Crippen LogP contribution is -2.57. The van der Waals surface area contributed by atoms with Crippen molar-refractivity contribution in [3.63, 3.8) is 0 Å². The third kappa shape index (κ3) is 1.76. The van der Waals surface area contributed by atoms with Gasteiger partial charge >= 0.3 is 0 Å². The van der Waals surface area contributed by atoms with Crippen molar-refractivity contribution in [3.8, 4) is 0 Å². The smallest absolute Gasteiger partial charge is 0.103 e. The Morgan fingerprint density at radius 1 is 1.10 bits per heavy atom. The van der Waals surface area contributed by atoms with Crippen LogP contribution in [-0.4, -0.2) is 19.3 Å². The molecule has 0 bridgehead atoms. The number of epoxide rings is 1. The largest absolute Gasteiger partial charge is 0.362 e. The highest BCUT2D eigenvalue weighted by molar-refractivity contribution is 6.77. The summed E-state index contributed by atoms with van der Waals surface area (Å²) in [5.74, 6) is 1.68. The number of hydrogen-bond donors (Lipinski definition) is 0. The van der Waals surface area contributed by atoms with Gasteiger partial charge in [0.1, 0.15) is 5.60 Å². The van der Waals surface area contributed by atoms with E-state index in [9.17, 15) is 0 Å². The van der Waals surface area contributed by atoms with Gasteiger partial charge in [-0.1, -0.05) is 40.4 Å². The Bertz CT molecular complexity index is 412. The van der Waals surface area contributed by atoms with Crippen molar-refractivity contribution in [2.24, 2.45) is 17.3 Å². The highest BCUT2D eigenvalue weighted by Crippen LogP contribution is 2.75. The van der Waals surface area contributed by atoms with Crippen LogP contribution < -0.4 is 0 Å². The molecule has 1 aliphatic heterocycles. The summed E-state index contributed by atoms with van der Waals surface area (Å²) in [5, 5.41) is 0. The molecule has 0 unspecified atom stereocenters. The minimum Gasteiger partial charge on any atom is -0.362 e. The predicted octanol–water partition coefficient (Wildman–Crippen LogP) is 5.48. The van der Waals surface area contributed by atoms with Crippen LogP contribution in [0.15, 0.2) is 0 Å². The zero-order chi connectivity index (χ0) is 15.0. The minimum atomic E-state index is -1.16. The van der Waals surface area contributed by atoms with Crippen LogP contribution in [0.4, 0.5) is 0 Å². The molecule has 0 amide bonds. The molecule has 0 radical (unpaired) electrons. The van der Waals surface area contributed by atoms with E-state index in [1.165, 1.54) is 32.1 Å². The Kier molecular flexibility index (Phi) is 3.11. The zero-order valence-electron chi connectivity index (χ0n) is 14.7. The van der Waals surface area contributed by atoms with E-state index in [1.54, 1.807) is 0 Å². The molecule has 3 fully saturated rings. The zero-order valence-corrected chi connectivity index (χ0v) is 15.7. The van der Waals surface area contributed by atoms with E-state index in [1.807, 2.05) is 0 Å². The fraction of sp³-hybridized carbons (Fsp3) is 1.00. The van der Waals surface area contributed by atoms with Gasteiger partial charge in [0.2, 0.25) is 0 Å². The second kappa shape index (κ2) is 4.13. The van der Waals surface area contributed by atoms with E-state index in [4.69, 9.17) is 4.74 Å². The SMILES string of the molecule is CC(C)[C@@H]1C[C@@H]([Si](C)(C)C)[C@]2(C)CCC[C@@]3(C)O[C@]32C1. The van der Waals surface area contributed by atoms with Gasteiger partial charge in [0.15, 0.2) is 0 Å². The van der Waals surface area contributed by atoms with E-state index in [0.717, 1.165) is 17.4 Å². The van der Waals surface area contributed by atoms with Gasteiger partial charge in [0, 0.05) is 8.07 Å². The molecule has 2 aliphatic carbocycles. The summed E-state index contributed by atoms with van der Waals surface area (Å²) in [5.41, 5.74) is 1.83. The predicted molar refractivity (Wildman–Crippen MR) is 88.8 cm³/mol. The van der Waals surface area contributed by atoms with Gasteiger partial charge in [0.05, 0.1) is 5.60 Å². The van der Waals surface area contributed by atoms with Crippen molar-refractivity contribution in [3.05, 3.63) is 0 Å². The average Bonchev–Trinajstić information content (AvgIpc) is 2.89. The first-order valence-corrected chi connectivity index (χ1v) is 12.3. The summed E-state index contributed by atoms with van der Waals surface area (Å²) < 4.78 is 6.59. The van der Waals surface area contributed by atoms with Crippen molar-refractivity contribution < 1.29 is 4.74 Å². The average molecular weight is 295 g/mol. The van der Waals surface area contributed by atoms with Gasteiger partial charge in [-0.3, -0.25) is 0 Å². The highest BCUT2D eigenvalue weighted by Gasteiger charge is 2.79. The molecule has 0 aromatic carbocycles. The van der Waals surface area contributed by atoms with Gasteiger partial charge in [-0.05, 0) is 61.8 Å². The Hall–Kier alpha value is 0.177. The maximum atomic E-state index is 6.59. The second-order valence-electron chi connectivity index (χ2n) is 9.79. The van der Waals surface area contributed by atoms with Crippen LogP contribution in [0.2, 0.25) is 25.2 Å². The van der Waals surface area contributed by atoms with Crippen molar-refractivity contribution in [1.29, 1.82) is 0 Å². The molecule has 1 spiro atoms. The third-order valence-electron chi connectivity index (χ3n) is 7.33. The fourth-order valence-electron chi connectivity index (χ4n) is 6.11. The first kappa shape index (κ1) is 15.1. The molecule has 5 atom stereocenters. The summed E-state index contributed by atoms with van der Waals surface area (Å²) >= 11 is 0. The Morgan fingerprint density at radius 3 is 2.30 bits per heavy atom. The Balaban J connectivity index is 2.03. The van der Waals surface area contributed by atoms with Crippen LogP contribution in [0, 0.1) is 17.3 Å². The highest BCUT2D eigenvalue weighted by atomic mass is 28.3. The summed E-state index contributed by atoms with van der Waals surface area (Å²) in [6.45, 7) is 17.6. The first-order chi connectivity index (χ1) is 9.06. The summed E-state index contributed by atoms with van der Waals surface area (Å²) in [7, 11) is -1.16. The number of rotatable bonds is 2. The molecule has 3 aliphatic rings. The molecule has 2 heteroatoms. The Morgan fingerprint density at radius 2 is 1.75 bits per heavy atom. The molecule has 1 saturated heterocycles. The lowest BCUT2D eigenvalue weighted by atomic mass is 9.53. The maximum Gasteiger partial charge on any atom is 0.103 e. The number of ether oxygens (including phenoxy) is 1. The van der Waals surface area contributed by atoms with E-state index in [-0.39, 0.29) is 11.2 Å². The van der Waals surface area contributed by atoms with Crippen LogP contribution >= 0.6 is 0 Å². The van der Waals surface area contributed by atoms with Gasteiger partial charge < -0.3 is 4.74 Å². The summed E-state index contributed by atoms with van der Waals surface area (Å²) in [4.78, 5) is 0. The van der Waals surface area contributed by atoms with Crippen molar-refractivity contribution in [1.82, 2.24) is 0 Å². The molecule has 0 aromatic heterocycles. The summed E-state index contributed by atoms with van der Waals surface area (Å²) in [6, 6.07) is 0. The topological polar surface area (TPSA) is 12.5 Å². The summed E-state index contributed by atoms with van der Waals surface area (Å²) in [6.07, 6.45) is 6.87. The van der Waals surface area contributed by atoms with Gasteiger partial charge in [-0.25, -0.2) is 0 Å². The molecule has 116 valence electrons. The van der Waals surface area contributed by atoms with Gasteiger partial charge in [-0.15, -0.1) is 0 Å². The molecule has 20 heavy (non-hydrogen) atoms. The lowest BCUT2D eigenvalue weighted by Gasteiger charge is -2.56. The molecular weight excluding hydrogens is 260 g/mol. The van der Waals surface area contributed by atoms with Crippen molar-refractivity contribution in [2.75, 3.05) is 0 Å². The van der Waals surface area contributed by atoms with Crippen LogP contribution in [0.3, 0.4) is 0 Å². The van der Waals surface area contributed by atoms with E-state index >= 15 is 0 Å². The van der Waals surface area contributed by atoms with E-state index < -0.39 is 8.07 Å². The number of hydrogen-bond acceptors (Lipinski definition) is 1. The molecule has 1 nitrogen and oxygen atoms in total. The molecule has 0 aromatic rings. The van der Waals surface area contributed by atoms with E-state index in [0.29, 0.717) is 5.41 Å². The Labute approximate surface area is 126 Å². The minimum absolute atomic E-state index is 0.214. The molecule has 0 N–H and O–H groups in total. The quantitative estimate of drug-likeness (QED) is 0.485. The van der Waals surface area contributed by atoms with Crippen LogP contribution in [0.1, 0.15) is 59.8 Å². The van der Waals surface area contributed by atoms with Crippen LogP contribution in [0.25, 0.3) is 0 Å². The van der Waals surface area contributed by atoms with E-state index in [2.05, 4.69) is 47.3 Å². The van der Waals surface area contributed by atoms with Crippen molar-refractivity contribution >= 4 is 8.07 Å². The molecule has 2 saturated carbocycles. The molecule has 1 heterocycles. The lowest BCUT2D eigenvalue weighted by molar-refractivity contribution is 0.0128. The van der Waals surface area contributed by atoms with Gasteiger partial charge in [0.25, 0.3) is 0 Å². The van der Waals surface area contributed by atoms with Crippen molar-refractivity contribution in [2.45, 2.75) is 96.2 Å². The normalized spacial score (nSPS) is 51.6. The standard InChI is InChI=1S/C18H34OSi/c1-13(2)14-11-15(20(5,6)7)16(3)9-8-10-17(4)18(16,12-14)19-17/h13-15H,8-12H2,1-7H3/t14-,15-,16+,17-,18+/m1/s1. The third-order valence-corrected chi connectivity index (χ3v) is 10.3. The first-order valence-electron chi connectivity index (χ1n) is 8.76. The van der Waals surface area contributed by atoms with Gasteiger partial charge in [-0.2, -0.15) is 0 Å². The fourth-order valence-corrected chi connectivity index (χ4v) is 9.41. The monoisotopic (exact) mass is 294 g/mol. The molecular formula is C18H34OSi. The van der Waals surface area contributed by atoms with Crippen LogP contribution in [-0.2, 0) is 4.74 Å². The van der Waals surface area contributed by atoms with Crippen LogP contribution in [0.5, 0.6) is 0 Å². The molecule has 3 rings (SSSR count).